The Labute approximate surface area is 136 Å². The highest BCUT2D eigenvalue weighted by Gasteiger charge is 2.49. The summed E-state index contributed by atoms with van der Waals surface area (Å²) in [4.78, 5) is 31.5. The summed E-state index contributed by atoms with van der Waals surface area (Å²) in [6.07, 6.45) is 3.71. The Kier molecular flexibility index (Phi) is 2.99. The maximum Gasteiger partial charge on any atom is 0.325 e. The van der Waals surface area contributed by atoms with Gasteiger partial charge in [-0.3, -0.25) is 9.69 Å². The number of pyridine rings is 1. The van der Waals surface area contributed by atoms with Gasteiger partial charge in [-0.05, 0) is 30.5 Å². The Morgan fingerprint density at radius 1 is 1.26 bits per heavy atom. The third-order valence-corrected chi connectivity index (χ3v) is 5.11. The Bertz CT molecular complexity index is 869. The molecular formula is C16H14N4O2S. The first-order valence-electron chi connectivity index (χ1n) is 7.18. The van der Waals surface area contributed by atoms with Gasteiger partial charge in [-0.25, -0.2) is 9.78 Å². The van der Waals surface area contributed by atoms with Gasteiger partial charge in [-0.15, -0.1) is 11.3 Å². The van der Waals surface area contributed by atoms with Crippen LogP contribution in [0.2, 0.25) is 0 Å². The first-order valence-corrected chi connectivity index (χ1v) is 8.06. The number of nitrogens with one attached hydrogen (secondary N) is 1. The predicted octanol–water partition coefficient (Wildman–Crippen LogP) is 2.36. The molecule has 0 aromatic carbocycles. The van der Waals surface area contributed by atoms with E-state index in [1.165, 1.54) is 16.2 Å². The van der Waals surface area contributed by atoms with E-state index in [4.69, 9.17) is 0 Å². The van der Waals surface area contributed by atoms with E-state index in [2.05, 4.69) is 10.3 Å². The zero-order valence-corrected chi connectivity index (χ0v) is 13.2. The third-order valence-electron chi connectivity index (χ3n) is 4.02. The molecule has 0 radical (unpaired) electrons. The SMILES string of the molecule is CC1(c2cccs2)NC(=O)N(Cc2cn3ccccc3n2)C1=O. The van der Waals surface area contributed by atoms with Crippen LogP contribution in [0.4, 0.5) is 4.79 Å². The number of imidazole rings is 1. The highest BCUT2D eigenvalue weighted by molar-refractivity contribution is 7.10. The molecule has 1 atom stereocenters. The van der Waals surface area contributed by atoms with Gasteiger partial charge >= 0.3 is 6.03 Å². The summed E-state index contributed by atoms with van der Waals surface area (Å²) in [7, 11) is 0. The van der Waals surface area contributed by atoms with E-state index >= 15 is 0 Å². The quantitative estimate of drug-likeness (QED) is 0.751. The minimum Gasteiger partial charge on any atom is -0.319 e. The number of amides is 3. The normalized spacial score (nSPS) is 21.2. The number of imide groups is 1. The molecule has 4 rings (SSSR count). The summed E-state index contributed by atoms with van der Waals surface area (Å²) in [6.45, 7) is 1.90. The van der Waals surface area contributed by atoms with Crippen LogP contribution in [-0.2, 0) is 16.9 Å². The zero-order valence-electron chi connectivity index (χ0n) is 12.4. The van der Waals surface area contributed by atoms with Crippen LogP contribution in [-0.4, -0.2) is 26.2 Å². The number of urea groups is 1. The highest BCUT2D eigenvalue weighted by Crippen LogP contribution is 2.32. The maximum absolute atomic E-state index is 12.8. The van der Waals surface area contributed by atoms with Crippen molar-refractivity contribution in [1.82, 2.24) is 19.6 Å². The number of hydrogen-bond donors (Lipinski definition) is 1. The van der Waals surface area contributed by atoms with E-state index in [9.17, 15) is 9.59 Å². The number of thiophene rings is 1. The van der Waals surface area contributed by atoms with Gasteiger partial charge in [-0.1, -0.05) is 12.1 Å². The largest absolute Gasteiger partial charge is 0.325 e. The topological polar surface area (TPSA) is 66.7 Å². The summed E-state index contributed by atoms with van der Waals surface area (Å²) in [5.74, 6) is -0.248. The lowest BCUT2D eigenvalue weighted by molar-refractivity contribution is -0.131. The monoisotopic (exact) mass is 326 g/mol. The lowest BCUT2D eigenvalue weighted by Gasteiger charge is -2.19. The molecule has 6 nitrogen and oxygen atoms in total. The van der Waals surface area contributed by atoms with E-state index in [-0.39, 0.29) is 18.5 Å². The van der Waals surface area contributed by atoms with Crippen molar-refractivity contribution in [3.8, 4) is 0 Å². The molecule has 1 saturated heterocycles. The van der Waals surface area contributed by atoms with Crippen LogP contribution in [0.3, 0.4) is 0 Å². The number of nitrogens with zero attached hydrogens (tertiary/aromatic N) is 3. The molecule has 1 N–H and O–H groups in total. The number of rotatable bonds is 3. The van der Waals surface area contributed by atoms with Gasteiger partial charge in [0.2, 0.25) is 0 Å². The van der Waals surface area contributed by atoms with Crippen molar-refractivity contribution in [2.75, 3.05) is 0 Å². The van der Waals surface area contributed by atoms with Gasteiger partial charge in [0.25, 0.3) is 5.91 Å². The second-order valence-corrected chi connectivity index (χ2v) is 6.57. The molecule has 3 amide bonds. The van der Waals surface area contributed by atoms with Crippen molar-refractivity contribution < 1.29 is 9.59 Å². The Hall–Kier alpha value is -2.67. The molecule has 116 valence electrons. The molecule has 1 aliphatic heterocycles. The van der Waals surface area contributed by atoms with Crippen LogP contribution in [0.5, 0.6) is 0 Å². The number of aromatic nitrogens is 2. The Morgan fingerprint density at radius 3 is 2.87 bits per heavy atom. The molecule has 0 aliphatic carbocycles. The number of fused-ring (bicyclic) bond motifs is 1. The van der Waals surface area contributed by atoms with Crippen LogP contribution in [0.1, 0.15) is 17.5 Å². The minimum absolute atomic E-state index is 0.160. The van der Waals surface area contributed by atoms with Crippen LogP contribution >= 0.6 is 11.3 Å². The van der Waals surface area contributed by atoms with Gasteiger partial charge in [0.05, 0.1) is 12.2 Å². The molecular weight excluding hydrogens is 312 g/mol. The molecule has 0 bridgehead atoms. The molecule has 7 heteroatoms. The maximum atomic E-state index is 12.8. The average molecular weight is 326 g/mol. The highest BCUT2D eigenvalue weighted by atomic mass is 32.1. The van der Waals surface area contributed by atoms with Crippen molar-refractivity contribution in [2.24, 2.45) is 0 Å². The molecule has 4 heterocycles. The Morgan fingerprint density at radius 2 is 2.13 bits per heavy atom. The number of carbonyl (C=O) groups is 2. The molecule has 3 aromatic heterocycles. The number of hydrogen-bond acceptors (Lipinski definition) is 4. The van der Waals surface area contributed by atoms with Crippen molar-refractivity contribution >= 4 is 28.9 Å². The van der Waals surface area contributed by atoms with Crippen LogP contribution in [0, 0.1) is 0 Å². The second-order valence-electron chi connectivity index (χ2n) is 5.62. The van der Waals surface area contributed by atoms with Gasteiger partial charge < -0.3 is 9.72 Å². The summed E-state index contributed by atoms with van der Waals surface area (Å²) in [5.41, 5.74) is 0.468. The zero-order chi connectivity index (χ0) is 16.0. The number of carbonyl (C=O) groups excluding carboxylic acids is 2. The fraction of sp³-hybridized carbons (Fsp3) is 0.188. The molecule has 1 fully saturated rings. The third kappa shape index (κ3) is 2.12. The fourth-order valence-corrected chi connectivity index (χ4v) is 3.63. The van der Waals surface area contributed by atoms with E-state index in [1.54, 1.807) is 6.92 Å². The smallest absolute Gasteiger partial charge is 0.319 e. The molecule has 0 saturated carbocycles. The summed E-state index contributed by atoms with van der Waals surface area (Å²) in [5, 5.41) is 4.69. The summed E-state index contributed by atoms with van der Waals surface area (Å²) < 4.78 is 1.87. The van der Waals surface area contributed by atoms with Gasteiger partial charge in [-0.2, -0.15) is 0 Å². The second kappa shape index (κ2) is 4.92. The first kappa shape index (κ1) is 14.0. The van der Waals surface area contributed by atoms with Crippen molar-refractivity contribution in [3.63, 3.8) is 0 Å². The van der Waals surface area contributed by atoms with E-state index < -0.39 is 5.54 Å². The van der Waals surface area contributed by atoms with Gasteiger partial charge in [0.1, 0.15) is 5.65 Å². The lowest BCUT2D eigenvalue weighted by atomic mass is 10.0. The van der Waals surface area contributed by atoms with E-state index in [1.807, 2.05) is 52.5 Å². The average Bonchev–Trinajstić information content (AvgIpc) is 3.23. The van der Waals surface area contributed by atoms with Crippen LogP contribution < -0.4 is 5.32 Å². The molecule has 3 aromatic rings. The first-order chi connectivity index (χ1) is 11.1. The molecule has 1 unspecified atom stereocenters. The van der Waals surface area contributed by atoms with E-state index in [0.717, 1.165) is 10.5 Å². The van der Waals surface area contributed by atoms with Crippen molar-refractivity contribution in [2.45, 2.75) is 19.0 Å². The molecule has 0 spiro atoms. The van der Waals surface area contributed by atoms with Crippen LogP contribution in [0.25, 0.3) is 5.65 Å². The minimum atomic E-state index is -0.996. The predicted molar refractivity (Wildman–Crippen MR) is 85.9 cm³/mol. The van der Waals surface area contributed by atoms with E-state index in [0.29, 0.717) is 5.69 Å². The lowest BCUT2D eigenvalue weighted by Crippen LogP contribution is -2.40. The van der Waals surface area contributed by atoms with Crippen molar-refractivity contribution in [3.05, 3.63) is 58.7 Å². The van der Waals surface area contributed by atoms with Crippen molar-refractivity contribution in [1.29, 1.82) is 0 Å². The standard InChI is InChI=1S/C16H14N4O2S/c1-16(12-5-4-8-23-12)14(21)20(15(22)18-16)10-11-9-19-7-3-2-6-13(19)17-11/h2-9H,10H2,1H3,(H,18,22). The van der Waals surface area contributed by atoms with Gasteiger partial charge in [0, 0.05) is 17.3 Å². The molecule has 23 heavy (non-hydrogen) atoms. The van der Waals surface area contributed by atoms with Crippen LogP contribution in [0.15, 0.2) is 48.1 Å². The Balaban J connectivity index is 1.64. The summed E-state index contributed by atoms with van der Waals surface area (Å²) in [6, 6.07) is 9.02. The van der Waals surface area contributed by atoms with Gasteiger partial charge in [0.15, 0.2) is 5.54 Å². The fourth-order valence-electron chi connectivity index (χ4n) is 2.80. The molecule has 1 aliphatic rings. The summed E-state index contributed by atoms with van der Waals surface area (Å²) >= 11 is 1.45.